The van der Waals surface area contributed by atoms with E-state index in [1.54, 1.807) is 19.1 Å². The molecule has 0 aliphatic carbocycles. The minimum Gasteiger partial charge on any atom is -0.464 e. The summed E-state index contributed by atoms with van der Waals surface area (Å²) in [7, 11) is 0. The molecule has 1 atom stereocenters. The van der Waals surface area contributed by atoms with Gasteiger partial charge in [-0.15, -0.1) is 0 Å². The van der Waals surface area contributed by atoms with Crippen molar-refractivity contribution in [3.63, 3.8) is 0 Å². The number of nitro benzene ring substituents is 1. The van der Waals surface area contributed by atoms with Crippen molar-refractivity contribution in [2.75, 3.05) is 13.2 Å². The summed E-state index contributed by atoms with van der Waals surface area (Å²) >= 11 is 1.34. The Morgan fingerprint density at radius 1 is 1.21 bits per heavy atom. The molecule has 1 aliphatic rings. The first-order valence-electron chi connectivity index (χ1n) is 11.5. The van der Waals surface area contributed by atoms with E-state index in [1.807, 2.05) is 24.3 Å². The number of esters is 1. The minimum atomic E-state index is -0.657. The van der Waals surface area contributed by atoms with Crippen LogP contribution in [0.5, 0.6) is 0 Å². The van der Waals surface area contributed by atoms with Crippen LogP contribution in [0.4, 0.5) is 5.69 Å². The molecule has 1 unspecified atom stereocenters. The first kappa shape index (κ1) is 25.5. The molecule has 0 aromatic heterocycles. The van der Waals surface area contributed by atoms with Crippen LogP contribution in [0.2, 0.25) is 0 Å². The molecule has 1 heterocycles. The number of nitro groups is 1. The minimum absolute atomic E-state index is 0.0874. The maximum Gasteiger partial charge on any atom is 0.328 e. The molecule has 0 spiro atoms. The first-order valence-corrected chi connectivity index (χ1v) is 12.3. The third-order valence-electron chi connectivity index (χ3n) is 5.85. The summed E-state index contributed by atoms with van der Waals surface area (Å²) in [5.74, 6) is -0.557. The molecule has 1 saturated heterocycles. The Labute approximate surface area is 204 Å². The summed E-state index contributed by atoms with van der Waals surface area (Å²) in [4.78, 5) is 40.0. The number of hydrogen-bond donors (Lipinski definition) is 0. The van der Waals surface area contributed by atoms with Gasteiger partial charge in [-0.05, 0) is 55.4 Å². The van der Waals surface area contributed by atoms with E-state index in [9.17, 15) is 19.7 Å². The molecule has 7 nitrogen and oxygen atoms in total. The molecule has 2 aromatic carbocycles. The van der Waals surface area contributed by atoms with Crippen molar-refractivity contribution < 1.29 is 19.2 Å². The number of likely N-dealkylation sites (tertiary alicyclic amines) is 1. The smallest absolute Gasteiger partial charge is 0.328 e. The largest absolute Gasteiger partial charge is 0.464 e. The van der Waals surface area contributed by atoms with E-state index in [2.05, 4.69) is 20.4 Å². The van der Waals surface area contributed by atoms with Crippen LogP contribution in [0.15, 0.2) is 58.8 Å². The molecular weight excluding hydrogens is 452 g/mol. The van der Waals surface area contributed by atoms with Crippen LogP contribution in [0.25, 0.3) is 5.57 Å². The van der Waals surface area contributed by atoms with Gasteiger partial charge in [0.2, 0.25) is 0 Å². The highest BCUT2D eigenvalue weighted by molar-refractivity contribution is 7.99. The number of amides is 1. The van der Waals surface area contributed by atoms with Gasteiger partial charge in [-0.25, -0.2) is 4.79 Å². The van der Waals surface area contributed by atoms with Crippen molar-refractivity contribution in [3.8, 4) is 0 Å². The van der Waals surface area contributed by atoms with Gasteiger partial charge in [0.1, 0.15) is 6.04 Å². The zero-order chi connectivity index (χ0) is 24.8. The summed E-state index contributed by atoms with van der Waals surface area (Å²) in [5, 5.41) is 11.9. The molecule has 2 aromatic rings. The van der Waals surface area contributed by atoms with Crippen molar-refractivity contribution in [2.45, 2.75) is 61.8 Å². The van der Waals surface area contributed by atoms with Crippen molar-refractivity contribution >= 4 is 34.9 Å². The Morgan fingerprint density at radius 2 is 1.94 bits per heavy atom. The number of rotatable bonds is 8. The monoisotopic (exact) mass is 482 g/mol. The molecule has 0 bridgehead atoms. The maximum atomic E-state index is 13.2. The molecule has 3 rings (SSSR count). The molecule has 180 valence electrons. The lowest BCUT2D eigenvalue weighted by molar-refractivity contribution is -0.387. The van der Waals surface area contributed by atoms with Gasteiger partial charge < -0.3 is 9.64 Å². The summed E-state index contributed by atoms with van der Waals surface area (Å²) in [5.41, 5.74) is 1.51. The van der Waals surface area contributed by atoms with Gasteiger partial charge in [0.25, 0.3) is 11.6 Å². The zero-order valence-electron chi connectivity index (χ0n) is 19.8. The van der Waals surface area contributed by atoms with Gasteiger partial charge in [0, 0.05) is 23.1 Å². The summed E-state index contributed by atoms with van der Waals surface area (Å²) < 4.78 is 5.14. The first-order chi connectivity index (χ1) is 16.2. The molecule has 8 heteroatoms. The van der Waals surface area contributed by atoms with Crippen LogP contribution in [0.3, 0.4) is 0 Å². The Morgan fingerprint density at radius 3 is 2.62 bits per heavy atom. The maximum absolute atomic E-state index is 13.2. The fourth-order valence-corrected chi connectivity index (χ4v) is 5.24. The average molecular weight is 483 g/mol. The number of carbonyl (C=O) groups excluding carboxylic acids is 2. The standard InChI is InChI=1S/C26H30N2O5S/c1-5-33-26(30)21-11-8-9-15-27(21)25(29)18(4)19-13-14-24(22(16-19)28(31)32)34-23-12-7-6-10-20(23)17(2)3/h6-7,10,12-14,16-17,21H,4-5,8-9,11,15H2,1-3H3. The van der Waals surface area contributed by atoms with E-state index in [4.69, 9.17) is 4.74 Å². The topological polar surface area (TPSA) is 89.8 Å². The van der Waals surface area contributed by atoms with Crippen molar-refractivity contribution in [2.24, 2.45) is 0 Å². The Bertz CT molecular complexity index is 1100. The second-order valence-electron chi connectivity index (χ2n) is 8.47. The fraction of sp³-hybridized carbons (Fsp3) is 0.385. The van der Waals surface area contributed by atoms with Gasteiger partial charge in [0.15, 0.2) is 0 Å². The van der Waals surface area contributed by atoms with Crippen LogP contribution < -0.4 is 0 Å². The van der Waals surface area contributed by atoms with E-state index < -0.39 is 22.8 Å². The van der Waals surface area contributed by atoms with Crippen molar-refractivity contribution in [1.29, 1.82) is 0 Å². The summed E-state index contributed by atoms with van der Waals surface area (Å²) in [6.45, 7) is 10.5. The number of ether oxygens (including phenoxy) is 1. The van der Waals surface area contributed by atoms with Gasteiger partial charge >= 0.3 is 5.97 Å². The van der Waals surface area contributed by atoms with Crippen LogP contribution in [0.1, 0.15) is 57.1 Å². The molecule has 1 fully saturated rings. The summed E-state index contributed by atoms with van der Waals surface area (Å²) in [6.07, 6.45) is 2.14. The highest BCUT2D eigenvalue weighted by atomic mass is 32.2. The van der Waals surface area contributed by atoms with E-state index in [0.717, 1.165) is 23.3 Å². The highest BCUT2D eigenvalue weighted by Gasteiger charge is 2.34. The Hall–Kier alpha value is -3.13. The second-order valence-corrected chi connectivity index (χ2v) is 9.56. The Balaban J connectivity index is 1.88. The number of piperidine rings is 1. The van der Waals surface area contributed by atoms with Gasteiger partial charge in [-0.3, -0.25) is 14.9 Å². The highest BCUT2D eigenvalue weighted by Crippen LogP contribution is 2.39. The Kier molecular flexibility index (Phi) is 8.50. The SMILES string of the molecule is C=C(C(=O)N1CCCCC1C(=O)OCC)c1ccc(Sc2ccccc2C(C)C)c([N+](=O)[O-])c1. The third-order valence-corrected chi connectivity index (χ3v) is 7.00. The lowest BCUT2D eigenvalue weighted by Crippen LogP contribution is -2.48. The molecular formula is C26H30N2O5S. The molecule has 1 amide bonds. The lowest BCUT2D eigenvalue weighted by Gasteiger charge is -2.34. The lowest BCUT2D eigenvalue weighted by atomic mass is 9.99. The second kappa shape index (κ2) is 11.3. The van der Waals surface area contributed by atoms with E-state index in [-0.39, 0.29) is 23.8 Å². The van der Waals surface area contributed by atoms with Gasteiger partial charge in [-0.2, -0.15) is 0 Å². The predicted octanol–water partition coefficient (Wildman–Crippen LogP) is 5.83. The van der Waals surface area contributed by atoms with Crippen LogP contribution in [0, 0.1) is 10.1 Å². The fourth-order valence-electron chi connectivity index (χ4n) is 4.06. The van der Waals surface area contributed by atoms with Gasteiger partial charge in [-0.1, -0.05) is 56.5 Å². The van der Waals surface area contributed by atoms with Gasteiger partial charge in [0.05, 0.1) is 16.4 Å². The predicted molar refractivity (Wildman–Crippen MR) is 133 cm³/mol. The third kappa shape index (κ3) is 5.67. The molecule has 34 heavy (non-hydrogen) atoms. The number of hydrogen-bond acceptors (Lipinski definition) is 6. The zero-order valence-corrected chi connectivity index (χ0v) is 20.6. The van der Waals surface area contributed by atoms with Crippen molar-refractivity contribution in [3.05, 3.63) is 70.3 Å². The normalized spacial score (nSPS) is 15.8. The number of benzene rings is 2. The number of carbonyl (C=O) groups is 2. The molecule has 0 radical (unpaired) electrons. The quantitative estimate of drug-likeness (QED) is 0.204. The molecule has 0 N–H and O–H groups in total. The molecule has 0 saturated carbocycles. The summed E-state index contributed by atoms with van der Waals surface area (Å²) in [6, 6.07) is 11.9. The van der Waals surface area contributed by atoms with Crippen LogP contribution in [-0.4, -0.2) is 40.9 Å². The van der Waals surface area contributed by atoms with Crippen molar-refractivity contribution in [1.82, 2.24) is 4.90 Å². The van der Waals surface area contributed by atoms with E-state index >= 15 is 0 Å². The van der Waals surface area contributed by atoms with Crippen LogP contribution >= 0.6 is 11.8 Å². The van der Waals surface area contributed by atoms with Crippen LogP contribution in [-0.2, 0) is 14.3 Å². The van der Waals surface area contributed by atoms with E-state index in [0.29, 0.717) is 23.4 Å². The number of nitrogens with zero attached hydrogens (tertiary/aromatic N) is 2. The average Bonchev–Trinajstić information content (AvgIpc) is 2.83. The van der Waals surface area contributed by atoms with E-state index in [1.165, 1.54) is 22.7 Å². The molecule has 1 aliphatic heterocycles.